The van der Waals surface area contributed by atoms with Gasteiger partial charge in [-0.1, -0.05) is 37.5 Å². The third-order valence-corrected chi connectivity index (χ3v) is 7.61. The topological polar surface area (TPSA) is 66.5 Å². The molecule has 2 N–H and O–H groups in total. The van der Waals surface area contributed by atoms with Gasteiger partial charge in [-0.2, -0.15) is 0 Å². The van der Waals surface area contributed by atoms with Gasteiger partial charge in [0.15, 0.2) is 0 Å². The summed E-state index contributed by atoms with van der Waals surface area (Å²) in [5.41, 5.74) is 1.90. The fourth-order valence-electron chi connectivity index (χ4n) is 5.58. The molecule has 0 radical (unpaired) electrons. The number of carbonyl (C=O) groups excluding carboxylic acids is 1. The van der Waals surface area contributed by atoms with Crippen molar-refractivity contribution in [1.82, 2.24) is 15.2 Å². The van der Waals surface area contributed by atoms with Gasteiger partial charge in [0.25, 0.3) is 6.43 Å². The lowest BCUT2D eigenvalue weighted by Crippen LogP contribution is -2.57. The smallest absolute Gasteiger partial charge is 0.266 e. The lowest BCUT2D eigenvalue weighted by molar-refractivity contribution is -0.137. The molecule has 0 spiro atoms. The van der Waals surface area contributed by atoms with Crippen molar-refractivity contribution in [3.8, 4) is 5.75 Å². The highest BCUT2D eigenvalue weighted by atomic mass is 19.3. The number of carbonyl (C=O) groups is 1. The molecular formula is C30H37F3N4O2. The van der Waals surface area contributed by atoms with Crippen LogP contribution in [0.1, 0.15) is 73.9 Å². The Morgan fingerprint density at radius 2 is 1.82 bits per heavy atom. The van der Waals surface area contributed by atoms with Crippen molar-refractivity contribution in [2.75, 3.05) is 26.5 Å². The third-order valence-electron chi connectivity index (χ3n) is 7.61. The molecule has 1 fully saturated rings. The molecule has 9 heteroatoms. The first-order valence-corrected chi connectivity index (χ1v) is 13.3. The van der Waals surface area contributed by atoms with Gasteiger partial charge in [-0.3, -0.25) is 15.1 Å². The van der Waals surface area contributed by atoms with E-state index in [4.69, 9.17) is 4.74 Å². The number of rotatable bonds is 9. The average molecular weight is 543 g/mol. The molecule has 4 rings (SSSR count). The normalized spacial score (nSPS) is 15.8. The lowest BCUT2D eigenvalue weighted by Gasteiger charge is -2.38. The summed E-state index contributed by atoms with van der Waals surface area (Å²) in [4.78, 5) is 19.5. The summed E-state index contributed by atoms with van der Waals surface area (Å²) < 4.78 is 47.2. The van der Waals surface area contributed by atoms with E-state index in [-0.39, 0.29) is 11.5 Å². The van der Waals surface area contributed by atoms with Gasteiger partial charge in [0, 0.05) is 54.6 Å². The quantitative estimate of drug-likeness (QED) is 0.316. The number of alkyl halides is 2. The molecule has 1 aliphatic rings. The first-order valence-electron chi connectivity index (χ1n) is 13.3. The van der Waals surface area contributed by atoms with Crippen molar-refractivity contribution in [3.05, 3.63) is 64.6 Å². The maximum atomic E-state index is 14.9. The van der Waals surface area contributed by atoms with Crippen molar-refractivity contribution in [3.63, 3.8) is 0 Å². The number of hydrogen-bond acceptors (Lipinski definition) is 5. The predicted octanol–water partition coefficient (Wildman–Crippen LogP) is 6.68. The number of hydrogen-bond donors (Lipinski definition) is 2. The molecule has 0 aliphatic heterocycles. The summed E-state index contributed by atoms with van der Waals surface area (Å²) in [6.07, 6.45) is 1.74. The molecule has 210 valence electrons. The highest BCUT2D eigenvalue weighted by molar-refractivity contribution is 5.93. The Morgan fingerprint density at radius 1 is 1.13 bits per heavy atom. The number of nitrogens with one attached hydrogen (secondary N) is 2. The van der Waals surface area contributed by atoms with Crippen molar-refractivity contribution in [2.45, 2.75) is 70.5 Å². The minimum Gasteiger partial charge on any atom is -0.496 e. The number of aromatic nitrogens is 1. The highest BCUT2D eigenvalue weighted by Gasteiger charge is 2.40. The van der Waals surface area contributed by atoms with Gasteiger partial charge in [-0.25, -0.2) is 13.2 Å². The van der Waals surface area contributed by atoms with E-state index >= 15 is 0 Å². The van der Waals surface area contributed by atoms with Crippen LogP contribution in [0.25, 0.3) is 10.9 Å². The zero-order valence-corrected chi connectivity index (χ0v) is 23.2. The minimum atomic E-state index is -2.89. The van der Waals surface area contributed by atoms with E-state index in [0.717, 1.165) is 54.8 Å². The van der Waals surface area contributed by atoms with Crippen molar-refractivity contribution in [1.29, 1.82) is 0 Å². The van der Waals surface area contributed by atoms with E-state index in [1.54, 1.807) is 33.0 Å². The number of fused-ring (bicyclic) bond motifs is 1. The number of anilines is 1. The van der Waals surface area contributed by atoms with Gasteiger partial charge < -0.3 is 15.0 Å². The van der Waals surface area contributed by atoms with E-state index < -0.39 is 29.4 Å². The number of benzene rings is 2. The molecular weight excluding hydrogens is 505 g/mol. The van der Waals surface area contributed by atoms with Crippen LogP contribution in [0.2, 0.25) is 0 Å². The summed E-state index contributed by atoms with van der Waals surface area (Å²) >= 11 is 0. The fourth-order valence-corrected chi connectivity index (χ4v) is 5.58. The second-order valence-corrected chi connectivity index (χ2v) is 10.6. The molecule has 1 amide bonds. The van der Waals surface area contributed by atoms with Gasteiger partial charge >= 0.3 is 0 Å². The molecule has 6 nitrogen and oxygen atoms in total. The minimum absolute atomic E-state index is 0.0727. The molecule has 1 atom stereocenters. The molecule has 1 saturated carbocycles. The van der Waals surface area contributed by atoms with Crippen LogP contribution in [0, 0.1) is 12.7 Å². The molecule has 1 aliphatic carbocycles. The third kappa shape index (κ3) is 5.98. The van der Waals surface area contributed by atoms with Crippen LogP contribution in [0.4, 0.5) is 18.9 Å². The maximum Gasteiger partial charge on any atom is 0.266 e. The van der Waals surface area contributed by atoms with Crippen LogP contribution in [0.3, 0.4) is 0 Å². The van der Waals surface area contributed by atoms with Crippen LogP contribution in [0.5, 0.6) is 5.75 Å². The first kappa shape index (κ1) is 28.7. The number of amides is 1. The Balaban J connectivity index is 1.69. The van der Waals surface area contributed by atoms with Crippen LogP contribution in [0.15, 0.2) is 36.4 Å². The summed E-state index contributed by atoms with van der Waals surface area (Å²) in [7, 11) is 5.16. The van der Waals surface area contributed by atoms with Gasteiger partial charge in [0.2, 0.25) is 5.91 Å². The summed E-state index contributed by atoms with van der Waals surface area (Å²) in [6, 6.07) is 9.15. The Bertz CT molecular complexity index is 1340. The number of aryl methyl sites for hydroxylation is 1. The second kappa shape index (κ2) is 11.8. The van der Waals surface area contributed by atoms with Gasteiger partial charge in [-0.15, -0.1) is 0 Å². The average Bonchev–Trinajstić information content (AvgIpc) is 2.91. The van der Waals surface area contributed by atoms with Gasteiger partial charge in [-0.05, 0) is 38.8 Å². The number of nitrogens with zero attached hydrogens (tertiary/aromatic N) is 2. The van der Waals surface area contributed by atoms with Crippen LogP contribution >= 0.6 is 0 Å². The number of methoxy groups -OCH3 is 1. The Morgan fingerprint density at radius 3 is 2.46 bits per heavy atom. The van der Waals surface area contributed by atoms with Crippen molar-refractivity contribution in [2.24, 2.45) is 0 Å². The van der Waals surface area contributed by atoms with E-state index in [2.05, 4.69) is 15.6 Å². The number of pyridine rings is 1. The highest BCUT2D eigenvalue weighted by Crippen LogP contribution is 2.35. The molecule has 2 aromatic carbocycles. The Labute approximate surface area is 227 Å². The van der Waals surface area contributed by atoms with E-state index in [1.165, 1.54) is 12.1 Å². The molecule has 0 saturated heterocycles. The summed E-state index contributed by atoms with van der Waals surface area (Å²) in [5.74, 6) is -0.188. The summed E-state index contributed by atoms with van der Waals surface area (Å²) in [6.45, 7) is 4.00. The van der Waals surface area contributed by atoms with Crippen molar-refractivity contribution < 1.29 is 22.7 Å². The van der Waals surface area contributed by atoms with Gasteiger partial charge in [0.05, 0.1) is 29.8 Å². The lowest BCUT2D eigenvalue weighted by atomic mass is 9.80. The standard InChI is InChI=1S/C30H37F3N4O2/c1-18-14-24(36-19(2)21-10-9-11-22(27(21)31)28(32)33)23-15-20(26(39-5)16-25(23)35-18)17-34-30(29(38)37(3)4)12-7-6-8-13-30/h9-11,14-16,19,28,34H,6-8,12-13,17H2,1-5H3,(H,35,36)/t19-/m1/s1. The Hall–Kier alpha value is -3.33. The number of likely N-dealkylation sites (N-methyl/N-ethyl adjacent to an activating group) is 1. The van der Waals surface area contributed by atoms with Gasteiger partial charge in [0.1, 0.15) is 11.6 Å². The largest absolute Gasteiger partial charge is 0.496 e. The van der Waals surface area contributed by atoms with Crippen LogP contribution in [-0.4, -0.2) is 42.5 Å². The molecule has 3 aromatic rings. The monoisotopic (exact) mass is 542 g/mol. The number of halogens is 3. The number of ether oxygens (including phenoxy) is 1. The maximum absolute atomic E-state index is 14.9. The van der Waals surface area contributed by atoms with Crippen molar-refractivity contribution >= 4 is 22.5 Å². The fraction of sp³-hybridized carbons (Fsp3) is 0.467. The molecule has 0 unspecified atom stereocenters. The van der Waals surface area contributed by atoms with E-state index in [1.807, 2.05) is 25.1 Å². The zero-order chi connectivity index (χ0) is 28.3. The van der Waals surface area contributed by atoms with Crippen LogP contribution < -0.4 is 15.4 Å². The van der Waals surface area contributed by atoms with E-state index in [9.17, 15) is 18.0 Å². The van der Waals surface area contributed by atoms with E-state index in [0.29, 0.717) is 23.5 Å². The second-order valence-electron chi connectivity index (χ2n) is 10.6. The Kier molecular flexibility index (Phi) is 8.69. The zero-order valence-electron chi connectivity index (χ0n) is 23.2. The predicted molar refractivity (Wildman–Crippen MR) is 148 cm³/mol. The first-order chi connectivity index (χ1) is 18.6. The van der Waals surface area contributed by atoms with Crippen LogP contribution in [-0.2, 0) is 11.3 Å². The molecule has 1 aromatic heterocycles. The molecule has 0 bridgehead atoms. The summed E-state index contributed by atoms with van der Waals surface area (Å²) in [5, 5.41) is 7.66. The molecule has 39 heavy (non-hydrogen) atoms. The SMILES string of the molecule is COc1cc2nc(C)cc(N[C@H](C)c3cccc(C(F)F)c3F)c2cc1CNC1(C(=O)N(C)C)CCCCC1. The molecule has 1 heterocycles.